The molecule has 0 fully saturated rings. The van der Waals surface area contributed by atoms with Crippen molar-refractivity contribution in [3.05, 3.63) is 23.5 Å². The minimum Gasteiger partial charge on any atom is -0.497 e. The predicted molar refractivity (Wildman–Crippen MR) is 40.6 cm³/mol. The van der Waals surface area contributed by atoms with E-state index >= 15 is 0 Å². The third-order valence-electron chi connectivity index (χ3n) is 1.20. The highest BCUT2D eigenvalue weighted by Gasteiger charge is 2.01. The molecule has 2 heteroatoms. The van der Waals surface area contributed by atoms with Gasteiger partial charge < -0.3 is 4.74 Å². The molecule has 0 aliphatic heterocycles. The highest BCUT2D eigenvalue weighted by molar-refractivity contribution is 5.79. The topological polar surface area (TPSA) is 26.3 Å². The van der Waals surface area contributed by atoms with Gasteiger partial charge in [0.05, 0.1) is 12.7 Å². The number of ether oxygens (including phenoxy) is 1. The van der Waals surface area contributed by atoms with E-state index in [0.29, 0.717) is 11.3 Å². The standard InChI is InChI=1S/C8H12O2/c1-6(2)8(5-9)7(3)10-4/h5H,3H2,1-2,4H3. The van der Waals surface area contributed by atoms with Gasteiger partial charge in [-0.2, -0.15) is 0 Å². The molecule has 0 bridgehead atoms. The van der Waals surface area contributed by atoms with Crippen LogP contribution < -0.4 is 0 Å². The van der Waals surface area contributed by atoms with E-state index in [-0.39, 0.29) is 0 Å². The monoisotopic (exact) mass is 140 g/mol. The smallest absolute Gasteiger partial charge is 0.153 e. The molecule has 0 saturated carbocycles. The molecule has 2 nitrogen and oxygen atoms in total. The van der Waals surface area contributed by atoms with Crippen LogP contribution >= 0.6 is 0 Å². The summed E-state index contributed by atoms with van der Waals surface area (Å²) in [4.78, 5) is 10.3. The van der Waals surface area contributed by atoms with Crippen LogP contribution in [0.4, 0.5) is 0 Å². The lowest BCUT2D eigenvalue weighted by molar-refractivity contribution is -0.105. The summed E-state index contributed by atoms with van der Waals surface area (Å²) in [5.74, 6) is 0.426. The quantitative estimate of drug-likeness (QED) is 0.258. The molecule has 0 aromatic carbocycles. The molecule has 0 spiro atoms. The molecular weight excluding hydrogens is 128 g/mol. The van der Waals surface area contributed by atoms with Gasteiger partial charge in [-0.05, 0) is 13.8 Å². The van der Waals surface area contributed by atoms with Crippen molar-refractivity contribution in [3.8, 4) is 0 Å². The highest BCUT2D eigenvalue weighted by Crippen LogP contribution is 2.09. The van der Waals surface area contributed by atoms with Gasteiger partial charge in [0.15, 0.2) is 6.29 Å². The second-order valence-electron chi connectivity index (χ2n) is 2.16. The Morgan fingerprint density at radius 3 is 2.10 bits per heavy atom. The third kappa shape index (κ3) is 2.05. The zero-order valence-electron chi connectivity index (χ0n) is 6.60. The Hall–Kier alpha value is -1.05. The van der Waals surface area contributed by atoms with Crippen molar-refractivity contribution >= 4 is 6.29 Å². The fourth-order valence-electron chi connectivity index (χ4n) is 0.572. The van der Waals surface area contributed by atoms with Crippen LogP contribution in [0.3, 0.4) is 0 Å². The first-order valence-electron chi connectivity index (χ1n) is 2.99. The van der Waals surface area contributed by atoms with Gasteiger partial charge in [-0.3, -0.25) is 4.79 Å². The average molecular weight is 140 g/mol. The van der Waals surface area contributed by atoms with Crippen molar-refractivity contribution in [2.75, 3.05) is 7.11 Å². The molecule has 0 rings (SSSR count). The molecule has 0 aliphatic rings. The van der Waals surface area contributed by atoms with Gasteiger partial charge in [-0.15, -0.1) is 0 Å². The normalized spacial score (nSPS) is 8.30. The van der Waals surface area contributed by atoms with Crippen LogP contribution in [0.2, 0.25) is 0 Å². The zero-order chi connectivity index (χ0) is 8.15. The minimum absolute atomic E-state index is 0.426. The SMILES string of the molecule is C=C(OC)C(C=O)=C(C)C. The highest BCUT2D eigenvalue weighted by atomic mass is 16.5. The number of hydrogen-bond donors (Lipinski definition) is 0. The van der Waals surface area contributed by atoms with Crippen LogP contribution in [0, 0.1) is 0 Å². The lowest BCUT2D eigenvalue weighted by Gasteiger charge is -2.03. The fraction of sp³-hybridized carbons (Fsp3) is 0.375. The van der Waals surface area contributed by atoms with Crippen LogP contribution in [0.25, 0.3) is 0 Å². The first-order chi connectivity index (χ1) is 4.63. The van der Waals surface area contributed by atoms with Crippen LogP contribution in [-0.2, 0) is 9.53 Å². The summed E-state index contributed by atoms with van der Waals surface area (Å²) < 4.78 is 4.78. The summed E-state index contributed by atoms with van der Waals surface area (Å²) in [5, 5.41) is 0. The molecule has 0 amide bonds. The molecule has 0 aromatic heterocycles. The molecule has 56 valence electrons. The Labute approximate surface area is 61.2 Å². The van der Waals surface area contributed by atoms with Gasteiger partial charge in [0.2, 0.25) is 0 Å². The molecular formula is C8H12O2. The van der Waals surface area contributed by atoms with Crippen LogP contribution in [0.15, 0.2) is 23.5 Å². The summed E-state index contributed by atoms with van der Waals surface area (Å²) in [5.41, 5.74) is 1.46. The maximum atomic E-state index is 10.3. The lowest BCUT2D eigenvalue weighted by Crippen LogP contribution is -1.94. The van der Waals surface area contributed by atoms with Crippen LogP contribution in [0.5, 0.6) is 0 Å². The number of carbonyl (C=O) groups is 1. The summed E-state index contributed by atoms with van der Waals surface area (Å²) in [6, 6.07) is 0. The molecule has 0 radical (unpaired) electrons. The number of hydrogen-bond acceptors (Lipinski definition) is 2. The fourth-order valence-corrected chi connectivity index (χ4v) is 0.572. The third-order valence-corrected chi connectivity index (χ3v) is 1.20. The first-order valence-corrected chi connectivity index (χ1v) is 2.99. The summed E-state index contributed by atoms with van der Waals surface area (Å²) in [7, 11) is 1.49. The zero-order valence-corrected chi connectivity index (χ0v) is 6.60. The number of rotatable bonds is 3. The Kier molecular flexibility index (Phi) is 3.47. The van der Waals surface area contributed by atoms with E-state index in [0.717, 1.165) is 11.9 Å². The van der Waals surface area contributed by atoms with Crippen LogP contribution in [0.1, 0.15) is 13.8 Å². The van der Waals surface area contributed by atoms with Crippen molar-refractivity contribution in [2.45, 2.75) is 13.8 Å². The summed E-state index contributed by atoms with van der Waals surface area (Å²) in [6.07, 6.45) is 0.751. The second-order valence-corrected chi connectivity index (χ2v) is 2.16. The minimum atomic E-state index is 0.426. The Morgan fingerprint density at radius 2 is 2.00 bits per heavy atom. The number of allylic oxidation sites excluding steroid dienone is 2. The second kappa shape index (κ2) is 3.88. The van der Waals surface area contributed by atoms with E-state index in [1.165, 1.54) is 7.11 Å². The first kappa shape index (κ1) is 8.95. The maximum Gasteiger partial charge on any atom is 0.153 e. The van der Waals surface area contributed by atoms with E-state index in [1.807, 2.05) is 13.8 Å². The van der Waals surface area contributed by atoms with Crippen LogP contribution in [-0.4, -0.2) is 13.4 Å². The average Bonchev–Trinajstić information content (AvgIpc) is 1.88. The number of aldehydes is 1. The number of carbonyl (C=O) groups excluding carboxylic acids is 1. The van der Waals surface area contributed by atoms with Crippen molar-refractivity contribution in [1.82, 2.24) is 0 Å². The number of methoxy groups -OCH3 is 1. The van der Waals surface area contributed by atoms with Gasteiger partial charge in [0, 0.05) is 0 Å². The van der Waals surface area contributed by atoms with Crippen molar-refractivity contribution in [3.63, 3.8) is 0 Å². The van der Waals surface area contributed by atoms with Crippen molar-refractivity contribution in [1.29, 1.82) is 0 Å². The van der Waals surface area contributed by atoms with E-state index in [9.17, 15) is 4.79 Å². The molecule has 0 saturated heterocycles. The molecule has 10 heavy (non-hydrogen) atoms. The summed E-state index contributed by atoms with van der Waals surface area (Å²) in [6.45, 7) is 7.24. The van der Waals surface area contributed by atoms with Gasteiger partial charge in [-0.1, -0.05) is 12.2 Å². The molecule has 0 aromatic rings. The molecule has 0 atom stereocenters. The summed E-state index contributed by atoms with van der Waals surface area (Å²) >= 11 is 0. The molecule has 0 unspecified atom stereocenters. The Balaban J connectivity index is 4.53. The van der Waals surface area contributed by atoms with Crippen molar-refractivity contribution in [2.24, 2.45) is 0 Å². The van der Waals surface area contributed by atoms with E-state index in [4.69, 9.17) is 4.74 Å². The van der Waals surface area contributed by atoms with E-state index < -0.39 is 0 Å². The molecule has 0 heterocycles. The molecule has 0 N–H and O–H groups in total. The van der Waals surface area contributed by atoms with E-state index in [2.05, 4.69) is 6.58 Å². The van der Waals surface area contributed by atoms with Gasteiger partial charge in [0.25, 0.3) is 0 Å². The van der Waals surface area contributed by atoms with Gasteiger partial charge in [-0.25, -0.2) is 0 Å². The predicted octanol–water partition coefficient (Wildman–Crippen LogP) is 1.68. The Bertz CT molecular complexity index is 174. The van der Waals surface area contributed by atoms with E-state index in [1.54, 1.807) is 0 Å². The van der Waals surface area contributed by atoms with Gasteiger partial charge in [0.1, 0.15) is 5.76 Å². The van der Waals surface area contributed by atoms with Crippen molar-refractivity contribution < 1.29 is 9.53 Å². The maximum absolute atomic E-state index is 10.3. The lowest BCUT2D eigenvalue weighted by atomic mass is 10.1. The largest absolute Gasteiger partial charge is 0.497 e. The molecule has 0 aliphatic carbocycles. The van der Waals surface area contributed by atoms with Gasteiger partial charge >= 0.3 is 0 Å². The Morgan fingerprint density at radius 1 is 1.50 bits per heavy atom.